The summed E-state index contributed by atoms with van der Waals surface area (Å²) in [6.07, 6.45) is 5.08. The first-order chi connectivity index (χ1) is 9.54. The number of halogens is 1. The predicted molar refractivity (Wildman–Crippen MR) is 89.5 cm³/mol. The van der Waals surface area contributed by atoms with Crippen LogP contribution in [0.2, 0.25) is 0 Å². The third kappa shape index (κ3) is 4.45. The fraction of sp³-hybridized carbons (Fsp3) is 0.588. The molecular weight excluding hydrogens is 284 g/mol. The van der Waals surface area contributed by atoms with Crippen LogP contribution in [0.1, 0.15) is 50.7 Å². The summed E-state index contributed by atoms with van der Waals surface area (Å²) in [7, 11) is 0. The van der Waals surface area contributed by atoms with Gasteiger partial charge in [0, 0.05) is 12.1 Å². The molecule has 1 aliphatic rings. The molecule has 2 atom stereocenters. The van der Waals surface area contributed by atoms with Gasteiger partial charge in [-0.3, -0.25) is 4.79 Å². The summed E-state index contributed by atoms with van der Waals surface area (Å²) in [6.45, 7) is 4.75. The van der Waals surface area contributed by atoms with Crippen molar-refractivity contribution in [3.05, 3.63) is 35.4 Å². The van der Waals surface area contributed by atoms with Gasteiger partial charge in [-0.05, 0) is 37.3 Å². The molecule has 0 bridgehead atoms. The molecule has 2 unspecified atom stereocenters. The Morgan fingerprint density at radius 1 is 1.33 bits per heavy atom. The SMILES string of the molecule is CCc1ccccc1CNC(=O)C1CCCCC1(C)N.Cl. The van der Waals surface area contributed by atoms with E-state index in [0.717, 1.165) is 32.1 Å². The molecule has 0 radical (unpaired) electrons. The van der Waals surface area contributed by atoms with E-state index in [-0.39, 0.29) is 29.8 Å². The maximum absolute atomic E-state index is 12.4. The third-order valence-corrected chi connectivity index (χ3v) is 4.52. The topological polar surface area (TPSA) is 55.1 Å². The fourth-order valence-corrected chi connectivity index (χ4v) is 3.17. The molecule has 3 N–H and O–H groups in total. The summed E-state index contributed by atoms with van der Waals surface area (Å²) in [4.78, 5) is 12.4. The van der Waals surface area contributed by atoms with Crippen LogP contribution in [-0.4, -0.2) is 11.4 Å². The molecule has 0 saturated heterocycles. The molecule has 1 saturated carbocycles. The highest BCUT2D eigenvalue weighted by atomic mass is 35.5. The van der Waals surface area contributed by atoms with E-state index in [1.54, 1.807) is 0 Å². The highest BCUT2D eigenvalue weighted by molar-refractivity contribution is 5.85. The zero-order valence-electron chi connectivity index (χ0n) is 13.0. The van der Waals surface area contributed by atoms with Crippen molar-refractivity contribution in [2.24, 2.45) is 11.7 Å². The van der Waals surface area contributed by atoms with Gasteiger partial charge >= 0.3 is 0 Å². The standard InChI is InChI=1S/C17H26N2O.ClH/c1-3-13-8-4-5-9-14(13)12-19-16(20)15-10-6-7-11-17(15,2)18;/h4-5,8-9,15H,3,6-7,10-12,18H2,1-2H3,(H,19,20);1H. The Labute approximate surface area is 134 Å². The number of benzene rings is 1. The van der Waals surface area contributed by atoms with Crippen molar-refractivity contribution in [2.45, 2.75) is 58.0 Å². The molecule has 1 aromatic rings. The molecule has 3 nitrogen and oxygen atoms in total. The van der Waals surface area contributed by atoms with Gasteiger partial charge in [0.15, 0.2) is 0 Å². The van der Waals surface area contributed by atoms with Crippen LogP contribution < -0.4 is 11.1 Å². The first-order valence-electron chi connectivity index (χ1n) is 7.68. The van der Waals surface area contributed by atoms with E-state index in [1.807, 2.05) is 19.1 Å². The van der Waals surface area contributed by atoms with E-state index in [1.165, 1.54) is 11.1 Å². The van der Waals surface area contributed by atoms with E-state index in [0.29, 0.717) is 6.54 Å². The number of nitrogens with two attached hydrogens (primary N) is 1. The number of hydrogen-bond donors (Lipinski definition) is 2. The van der Waals surface area contributed by atoms with Gasteiger partial charge in [-0.2, -0.15) is 0 Å². The summed E-state index contributed by atoms with van der Waals surface area (Å²) in [5.41, 5.74) is 8.44. The van der Waals surface area contributed by atoms with Crippen LogP contribution in [0, 0.1) is 5.92 Å². The van der Waals surface area contributed by atoms with Crippen molar-refractivity contribution in [1.82, 2.24) is 5.32 Å². The van der Waals surface area contributed by atoms with E-state index >= 15 is 0 Å². The lowest BCUT2D eigenvalue weighted by atomic mass is 9.74. The monoisotopic (exact) mass is 310 g/mol. The zero-order valence-corrected chi connectivity index (χ0v) is 13.8. The summed E-state index contributed by atoms with van der Waals surface area (Å²) < 4.78 is 0. The van der Waals surface area contributed by atoms with Crippen LogP contribution in [0.5, 0.6) is 0 Å². The lowest BCUT2D eigenvalue weighted by molar-refractivity contribution is -0.128. The Bertz CT molecular complexity index is 474. The quantitative estimate of drug-likeness (QED) is 0.897. The maximum Gasteiger partial charge on any atom is 0.225 e. The lowest BCUT2D eigenvalue weighted by Gasteiger charge is -2.37. The number of hydrogen-bond acceptors (Lipinski definition) is 2. The molecule has 4 heteroatoms. The molecule has 0 aromatic heterocycles. The molecule has 2 rings (SSSR count). The van der Waals surface area contributed by atoms with Crippen molar-refractivity contribution < 1.29 is 4.79 Å². The average molecular weight is 311 g/mol. The van der Waals surface area contributed by atoms with Gasteiger partial charge in [-0.15, -0.1) is 12.4 Å². The van der Waals surface area contributed by atoms with Crippen molar-refractivity contribution in [1.29, 1.82) is 0 Å². The van der Waals surface area contributed by atoms with Crippen LogP contribution in [-0.2, 0) is 17.8 Å². The highest BCUT2D eigenvalue weighted by Crippen LogP contribution is 2.31. The van der Waals surface area contributed by atoms with Gasteiger partial charge in [-0.1, -0.05) is 44.0 Å². The van der Waals surface area contributed by atoms with Crippen molar-refractivity contribution in [3.63, 3.8) is 0 Å². The molecule has 0 heterocycles. The Hall–Kier alpha value is -1.06. The normalized spacial score (nSPS) is 25.0. The van der Waals surface area contributed by atoms with Crippen LogP contribution in [0.25, 0.3) is 0 Å². The number of carbonyl (C=O) groups is 1. The number of aryl methyl sites for hydroxylation is 1. The van der Waals surface area contributed by atoms with Crippen LogP contribution in [0.3, 0.4) is 0 Å². The minimum absolute atomic E-state index is 0. The first-order valence-corrected chi connectivity index (χ1v) is 7.68. The van der Waals surface area contributed by atoms with Gasteiger partial charge in [0.1, 0.15) is 0 Å². The molecule has 1 aliphatic carbocycles. The third-order valence-electron chi connectivity index (χ3n) is 4.52. The van der Waals surface area contributed by atoms with E-state index in [2.05, 4.69) is 24.4 Å². The minimum atomic E-state index is -0.355. The largest absolute Gasteiger partial charge is 0.352 e. The summed E-state index contributed by atoms with van der Waals surface area (Å²) in [5, 5.41) is 3.08. The second kappa shape index (κ2) is 7.81. The molecular formula is C17H27ClN2O. The van der Waals surface area contributed by atoms with Crippen LogP contribution in [0.15, 0.2) is 24.3 Å². The fourth-order valence-electron chi connectivity index (χ4n) is 3.17. The molecule has 1 fully saturated rings. The Kier molecular flexibility index (Phi) is 6.69. The number of nitrogens with one attached hydrogen (secondary N) is 1. The van der Waals surface area contributed by atoms with E-state index in [4.69, 9.17) is 5.73 Å². The van der Waals surface area contributed by atoms with E-state index in [9.17, 15) is 4.79 Å². The van der Waals surface area contributed by atoms with Crippen LogP contribution in [0.4, 0.5) is 0 Å². The molecule has 118 valence electrons. The molecule has 1 aromatic carbocycles. The van der Waals surface area contributed by atoms with Crippen molar-refractivity contribution in [2.75, 3.05) is 0 Å². The van der Waals surface area contributed by atoms with Gasteiger partial charge in [0.05, 0.1) is 5.92 Å². The molecule has 0 aliphatic heterocycles. The average Bonchev–Trinajstić information content (AvgIpc) is 2.44. The van der Waals surface area contributed by atoms with Gasteiger partial charge < -0.3 is 11.1 Å². The Morgan fingerprint density at radius 2 is 2.00 bits per heavy atom. The number of rotatable bonds is 4. The maximum atomic E-state index is 12.4. The predicted octanol–water partition coefficient (Wildman–Crippen LogP) is 3.19. The second-order valence-corrected chi connectivity index (χ2v) is 6.14. The van der Waals surface area contributed by atoms with Gasteiger partial charge in [-0.25, -0.2) is 0 Å². The lowest BCUT2D eigenvalue weighted by Crippen LogP contribution is -2.52. The molecule has 1 amide bonds. The summed E-state index contributed by atoms with van der Waals surface area (Å²) in [6, 6.07) is 8.27. The van der Waals surface area contributed by atoms with Crippen LogP contribution >= 0.6 is 12.4 Å². The molecule has 0 spiro atoms. The number of carbonyl (C=O) groups excluding carboxylic acids is 1. The smallest absolute Gasteiger partial charge is 0.225 e. The van der Waals surface area contributed by atoms with Gasteiger partial charge in [0.2, 0.25) is 5.91 Å². The highest BCUT2D eigenvalue weighted by Gasteiger charge is 2.37. The Morgan fingerprint density at radius 3 is 2.62 bits per heavy atom. The van der Waals surface area contributed by atoms with Gasteiger partial charge in [0.25, 0.3) is 0 Å². The van der Waals surface area contributed by atoms with Crippen molar-refractivity contribution in [3.8, 4) is 0 Å². The number of amides is 1. The van der Waals surface area contributed by atoms with Crippen molar-refractivity contribution >= 4 is 18.3 Å². The van der Waals surface area contributed by atoms with E-state index < -0.39 is 0 Å². The molecule has 21 heavy (non-hydrogen) atoms. The Balaban J connectivity index is 0.00000220. The minimum Gasteiger partial charge on any atom is -0.352 e. The summed E-state index contributed by atoms with van der Waals surface area (Å²) in [5.74, 6) is 0.0608. The first kappa shape index (κ1) is 18.0. The second-order valence-electron chi connectivity index (χ2n) is 6.14. The zero-order chi connectivity index (χ0) is 14.6. The summed E-state index contributed by atoms with van der Waals surface area (Å²) >= 11 is 0.